The van der Waals surface area contributed by atoms with Crippen LogP contribution in [0.15, 0.2) is 48.5 Å². The van der Waals surface area contributed by atoms with E-state index in [9.17, 15) is 18.0 Å². The second-order valence-electron chi connectivity index (χ2n) is 6.77. The summed E-state index contributed by atoms with van der Waals surface area (Å²) in [5.41, 5.74) is 7.72. The van der Waals surface area contributed by atoms with E-state index in [1.165, 1.54) is 11.0 Å². The number of nitrogens with zero attached hydrogens (tertiary/aromatic N) is 1. The number of para-hydroxylation sites is 2. The van der Waals surface area contributed by atoms with Gasteiger partial charge in [0.05, 0.1) is 23.1 Å². The predicted molar refractivity (Wildman–Crippen MR) is 107 cm³/mol. The van der Waals surface area contributed by atoms with Crippen molar-refractivity contribution in [1.82, 2.24) is 0 Å². The average molecular weight is 402 g/mol. The first-order valence-electron chi connectivity index (χ1n) is 8.88. The van der Waals surface area contributed by atoms with Crippen LogP contribution in [0.4, 0.5) is 11.4 Å². The first-order chi connectivity index (χ1) is 13.3. The van der Waals surface area contributed by atoms with Gasteiger partial charge in [0.1, 0.15) is 0 Å². The van der Waals surface area contributed by atoms with Gasteiger partial charge in [0, 0.05) is 11.4 Å². The van der Waals surface area contributed by atoms with E-state index in [-0.39, 0.29) is 17.1 Å². The Morgan fingerprint density at radius 3 is 2.50 bits per heavy atom. The summed E-state index contributed by atoms with van der Waals surface area (Å²) in [6, 6.07) is 13.3. The Balaban J connectivity index is 1.77. The van der Waals surface area contributed by atoms with E-state index in [1.54, 1.807) is 49.4 Å². The number of sulfone groups is 1. The summed E-state index contributed by atoms with van der Waals surface area (Å²) in [4.78, 5) is 26.6. The van der Waals surface area contributed by atoms with Gasteiger partial charge in [0.25, 0.3) is 5.91 Å². The van der Waals surface area contributed by atoms with E-state index in [0.717, 1.165) is 5.56 Å². The van der Waals surface area contributed by atoms with Crippen LogP contribution in [-0.4, -0.2) is 44.4 Å². The Morgan fingerprint density at radius 2 is 1.86 bits per heavy atom. The molecule has 2 aromatic rings. The summed E-state index contributed by atoms with van der Waals surface area (Å²) in [6.07, 6.45) is 0.349. The lowest BCUT2D eigenvalue weighted by Crippen LogP contribution is -2.43. The van der Waals surface area contributed by atoms with Crippen LogP contribution in [0.5, 0.6) is 0 Å². The molecule has 1 aliphatic rings. The molecule has 0 bridgehead atoms. The van der Waals surface area contributed by atoms with E-state index in [1.807, 2.05) is 0 Å². The molecular weight excluding hydrogens is 380 g/mol. The van der Waals surface area contributed by atoms with Crippen LogP contribution < -0.4 is 10.6 Å². The number of esters is 1. The largest absolute Gasteiger partial charge is 0.452 e. The van der Waals surface area contributed by atoms with E-state index < -0.39 is 34.4 Å². The minimum absolute atomic E-state index is 0.0356. The molecular formula is C20H22N2O5S. The molecule has 0 aliphatic carbocycles. The van der Waals surface area contributed by atoms with Gasteiger partial charge >= 0.3 is 5.97 Å². The van der Waals surface area contributed by atoms with Crippen molar-refractivity contribution in [2.45, 2.75) is 19.4 Å². The number of nitrogens with two attached hydrogens (primary N) is 1. The highest BCUT2D eigenvalue weighted by Crippen LogP contribution is 2.25. The molecule has 3 rings (SSSR count). The molecule has 8 heteroatoms. The quantitative estimate of drug-likeness (QED) is 0.605. The molecule has 0 radical (unpaired) electrons. The number of aryl methyl sites for hydroxylation is 1. The number of benzene rings is 2. The fraction of sp³-hybridized carbons (Fsp3) is 0.300. The minimum atomic E-state index is -3.18. The number of carbonyl (C=O) groups excluding carboxylic acids is 2. The second-order valence-corrected chi connectivity index (χ2v) is 9.00. The van der Waals surface area contributed by atoms with Crippen molar-refractivity contribution in [1.29, 1.82) is 0 Å². The summed E-state index contributed by atoms with van der Waals surface area (Å²) >= 11 is 0. The van der Waals surface area contributed by atoms with Gasteiger partial charge in [-0.1, -0.05) is 30.3 Å². The SMILES string of the molecule is Cc1cccc(C(=O)OCC(=O)N(c2ccccc2)[C@@H]2CCS(=O)(=O)C2)c1N. The molecule has 1 heterocycles. The van der Waals surface area contributed by atoms with Crippen LogP contribution in [0.1, 0.15) is 22.3 Å². The highest BCUT2D eigenvalue weighted by Gasteiger charge is 2.35. The monoisotopic (exact) mass is 402 g/mol. The van der Waals surface area contributed by atoms with Crippen molar-refractivity contribution in [2.75, 3.05) is 28.7 Å². The summed E-state index contributed by atoms with van der Waals surface area (Å²) in [5, 5.41) is 0. The van der Waals surface area contributed by atoms with Gasteiger partial charge in [-0.25, -0.2) is 13.2 Å². The highest BCUT2D eigenvalue weighted by atomic mass is 32.2. The van der Waals surface area contributed by atoms with Crippen molar-refractivity contribution in [3.63, 3.8) is 0 Å². The number of carbonyl (C=O) groups is 2. The lowest BCUT2D eigenvalue weighted by molar-refractivity contribution is -0.122. The Hall–Kier alpha value is -2.87. The first-order valence-corrected chi connectivity index (χ1v) is 10.7. The second kappa shape index (κ2) is 8.02. The summed E-state index contributed by atoms with van der Waals surface area (Å²) in [5.74, 6) is -1.24. The number of nitrogen functional groups attached to an aromatic ring is 1. The maximum absolute atomic E-state index is 12.9. The topological polar surface area (TPSA) is 107 Å². The van der Waals surface area contributed by atoms with Gasteiger partial charge < -0.3 is 15.4 Å². The zero-order valence-corrected chi connectivity index (χ0v) is 16.3. The van der Waals surface area contributed by atoms with Crippen molar-refractivity contribution >= 4 is 33.1 Å². The predicted octanol–water partition coefficient (Wildman–Crippen LogP) is 1.95. The number of rotatable bonds is 5. The zero-order valence-electron chi connectivity index (χ0n) is 15.5. The molecule has 0 spiro atoms. The Labute approximate surface area is 164 Å². The number of ether oxygens (including phenoxy) is 1. The van der Waals surface area contributed by atoms with Crippen LogP contribution in [0.2, 0.25) is 0 Å². The van der Waals surface area contributed by atoms with E-state index in [4.69, 9.17) is 10.5 Å². The van der Waals surface area contributed by atoms with E-state index in [0.29, 0.717) is 17.8 Å². The van der Waals surface area contributed by atoms with Gasteiger partial charge in [0.2, 0.25) is 0 Å². The molecule has 28 heavy (non-hydrogen) atoms. The Morgan fingerprint density at radius 1 is 1.14 bits per heavy atom. The molecule has 2 aromatic carbocycles. The molecule has 2 N–H and O–H groups in total. The lowest BCUT2D eigenvalue weighted by atomic mass is 10.1. The molecule has 0 unspecified atom stereocenters. The van der Waals surface area contributed by atoms with Gasteiger partial charge in [-0.05, 0) is 37.1 Å². The fourth-order valence-corrected chi connectivity index (χ4v) is 4.96. The molecule has 148 valence electrons. The van der Waals surface area contributed by atoms with Crippen LogP contribution in [0, 0.1) is 6.92 Å². The molecule has 1 fully saturated rings. The highest BCUT2D eigenvalue weighted by molar-refractivity contribution is 7.91. The van der Waals surface area contributed by atoms with Crippen LogP contribution >= 0.6 is 0 Å². The third kappa shape index (κ3) is 4.33. The number of anilines is 2. The molecule has 1 saturated heterocycles. The third-order valence-corrected chi connectivity index (χ3v) is 6.50. The number of amides is 1. The van der Waals surface area contributed by atoms with E-state index >= 15 is 0 Å². The third-order valence-electron chi connectivity index (χ3n) is 4.75. The molecule has 7 nitrogen and oxygen atoms in total. The molecule has 1 amide bonds. The maximum Gasteiger partial charge on any atom is 0.340 e. The smallest absolute Gasteiger partial charge is 0.340 e. The van der Waals surface area contributed by atoms with Crippen molar-refractivity contribution in [3.05, 3.63) is 59.7 Å². The first kappa shape index (κ1) is 19.9. The van der Waals surface area contributed by atoms with Crippen molar-refractivity contribution < 1.29 is 22.7 Å². The Kier molecular flexibility index (Phi) is 5.69. The summed E-state index contributed by atoms with van der Waals surface area (Å²) in [6.45, 7) is 1.27. The van der Waals surface area contributed by atoms with Crippen LogP contribution in [-0.2, 0) is 19.4 Å². The van der Waals surface area contributed by atoms with Gasteiger partial charge in [-0.3, -0.25) is 4.79 Å². The molecule has 0 aromatic heterocycles. The van der Waals surface area contributed by atoms with Crippen molar-refractivity contribution in [2.24, 2.45) is 0 Å². The average Bonchev–Trinajstić information content (AvgIpc) is 3.02. The molecule has 1 aliphatic heterocycles. The number of hydrogen-bond acceptors (Lipinski definition) is 6. The van der Waals surface area contributed by atoms with Crippen LogP contribution in [0.3, 0.4) is 0 Å². The normalized spacial score (nSPS) is 17.8. The zero-order chi connectivity index (χ0) is 20.3. The van der Waals surface area contributed by atoms with Crippen molar-refractivity contribution in [3.8, 4) is 0 Å². The Bertz CT molecular complexity index is 989. The summed E-state index contributed by atoms with van der Waals surface area (Å²) < 4.78 is 28.9. The number of hydrogen-bond donors (Lipinski definition) is 1. The fourth-order valence-electron chi connectivity index (χ4n) is 3.26. The standard InChI is InChI=1S/C20H22N2O5S/c1-14-6-5-9-17(19(14)21)20(24)27-12-18(23)22(15-7-3-2-4-8-15)16-10-11-28(25,26)13-16/h2-9,16H,10-13,21H2,1H3/t16-/m1/s1. The molecule has 1 atom stereocenters. The van der Waals surface area contributed by atoms with Gasteiger partial charge in [0.15, 0.2) is 16.4 Å². The van der Waals surface area contributed by atoms with E-state index in [2.05, 4.69) is 0 Å². The van der Waals surface area contributed by atoms with Gasteiger partial charge in [-0.2, -0.15) is 0 Å². The maximum atomic E-state index is 12.9. The minimum Gasteiger partial charge on any atom is -0.452 e. The van der Waals surface area contributed by atoms with Gasteiger partial charge in [-0.15, -0.1) is 0 Å². The molecule has 0 saturated carbocycles. The summed E-state index contributed by atoms with van der Waals surface area (Å²) in [7, 11) is -3.18. The van der Waals surface area contributed by atoms with Crippen LogP contribution in [0.25, 0.3) is 0 Å². The lowest BCUT2D eigenvalue weighted by Gasteiger charge is -2.28.